The molecule has 4 heteroatoms. The SMILES string of the molecule is CCC(C)CN1Cc2ccc(Br)cc2NC1=O. The van der Waals surface area contributed by atoms with E-state index in [0.717, 1.165) is 23.1 Å². The smallest absolute Gasteiger partial charge is 0.320 e. The van der Waals surface area contributed by atoms with Crippen LogP contribution in [-0.4, -0.2) is 17.5 Å². The van der Waals surface area contributed by atoms with Crippen LogP contribution in [0, 0.1) is 5.92 Å². The number of benzene rings is 1. The molecule has 0 fully saturated rings. The summed E-state index contributed by atoms with van der Waals surface area (Å²) >= 11 is 3.41. The molecule has 0 radical (unpaired) electrons. The van der Waals surface area contributed by atoms with E-state index in [2.05, 4.69) is 41.2 Å². The molecule has 0 aliphatic carbocycles. The molecule has 17 heavy (non-hydrogen) atoms. The van der Waals surface area contributed by atoms with Crippen LogP contribution in [0.2, 0.25) is 0 Å². The normalized spacial score (nSPS) is 16.4. The molecule has 0 spiro atoms. The number of carbonyl (C=O) groups excluding carboxylic acids is 1. The molecule has 92 valence electrons. The highest BCUT2D eigenvalue weighted by Crippen LogP contribution is 2.27. The van der Waals surface area contributed by atoms with Gasteiger partial charge in [-0.1, -0.05) is 42.3 Å². The number of halogens is 1. The number of nitrogens with one attached hydrogen (secondary N) is 1. The molecule has 0 saturated carbocycles. The molecule has 0 aromatic heterocycles. The van der Waals surface area contributed by atoms with Crippen molar-refractivity contribution in [2.75, 3.05) is 11.9 Å². The van der Waals surface area contributed by atoms with Crippen molar-refractivity contribution in [1.29, 1.82) is 0 Å². The summed E-state index contributed by atoms with van der Waals surface area (Å²) in [7, 11) is 0. The molecular weight excluding hydrogens is 280 g/mol. The van der Waals surface area contributed by atoms with Crippen LogP contribution in [0.5, 0.6) is 0 Å². The highest BCUT2D eigenvalue weighted by molar-refractivity contribution is 9.10. The molecule has 1 aromatic carbocycles. The lowest BCUT2D eigenvalue weighted by Crippen LogP contribution is -2.40. The molecule has 1 aromatic rings. The van der Waals surface area contributed by atoms with E-state index in [-0.39, 0.29) is 6.03 Å². The number of hydrogen-bond acceptors (Lipinski definition) is 1. The molecule has 1 N–H and O–H groups in total. The zero-order valence-electron chi connectivity index (χ0n) is 10.2. The fraction of sp³-hybridized carbons (Fsp3) is 0.462. The van der Waals surface area contributed by atoms with E-state index >= 15 is 0 Å². The quantitative estimate of drug-likeness (QED) is 0.903. The van der Waals surface area contributed by atoms with Gasteiger partial charge in [0.05, 0.1) is 0 Å². The second kappa shape index (κ2) is 5.08. The van der Waals surface area contributed by atoms with Crippen molar-refractivity contribution < 1.29 is 4.79 Å². The molecule has 0 saturated heterocycles. The van der Waals surface area contributed by atoms with E-state index < -0.39 is 0 Å². The van der Waals surface area contributed by atoms with Gasteiger partial charge in [0.25, 0.3) is 0 Å². The van der Waals surface area contributed by atoms with Crippen LogP contribution in [0.1, 0.15) is 25.8 Å². The van der Waals surface area contributed by atoms with E-state index in [9.17, 15) is 4.79 Å². The Kier molecular flexibility index (Phi) is 3.72. The molecule has 1 heterocycles. The first-order chi connectivity index (χ1) is 8.10. The number of fused-ring (bicyclic) bond motifs is 1. The van der Waals surface area contributed by atoms with E-state index in [4.69, 9.17) is 0 Å². The number of urea groups is 1. The third-order valence-corrected chi connectivity index (χ3v) is 3.68. The topological polar surface area (TPSA) is 32.3 Å². The number of anilines is 1. The number of amides is 2. The second-order valence-corrected chi connectivity index (χ2v) is 5.54. The van der Waals surface area contributed by atoms with Gasteiger partial charge in [-0.15, -0.1) is 0 Å². The van der Waals surface area contributed by atoms with E-state index in [0.29, 0.717) is 12.5 Å². The summed E-state index contributed by atoms with van der Waals surface area (Å²) in [4.78, 5) is 13.8. The number of hydrogen-bond donors (Lipinski definition) is 1. The summed E-state index contributed by atoms with van der Waals surface area (Å²) in [5, 5.41) is 2.94. The molecule has 2 amide bonds. The van der Waals surface area contributed by atoms with Gasteiger partial charge in [-0.3, -0.25) is 0 Å². The van der Waals surface area contributed by atoms with Crippen molar-refractivity contribution in [3.8, 4) is 0 Å². The molecule has 1 aliphatic heterocycles. The van der Waals surface area contributed by atoms with Crippen molar-refractivity contribution >= 4 is 27.6 Å². The summed E-state index contributed by atoms with van der Waals surface area (Å²) in [6, 6.07) is 6.03. The van der Waals surface area contributed by atoms with Gasteiger partial charge in [0, 0.05) is 23.2 Å². The molecule has 0 bridgehead atoms. The molecule has 3 nitrogen and oxygen atoms in total. The lowest BCUT2D eigenvalue weighted by molar-refractivity contribution is 0.196. The Balaban J connectivity index is 2.15. The van der Waals surface area contributed by atoms with Crippen molar-refractivity contribution in [2.24, 2.45) is 5.92 Å². The maximum absolute atomic E-state index is 11.9. The lowest BCUT2D eigenvalue weighted by Gasteiger charge is -2.31. The summed E-state index contributed by atoms with van der Waals surface area (Å²) in [6.07, 6.45) is 1.09. The Morgan fingerprint density at radius 3 is 3.00 bits per heavy atom. The van der Waals surface area contributed by atoms with Crippen molar-refractivity contribution in [1.82, 2.24) is 4.90 Å². The van der Waals surface area contributed by atoms with E-state index in [1.165, 1.54) is 5.56 Å². The van der Waals surface area contributed by atoms with Gasteiger partial charge in [-0.25, -0.2) is 4.79 Å². The van der Waals surface area contributed by atoms with Gasteiger partial charge in [-0.05, 0) is 23.6 Å². The number of nitrogens with zero attached hydrogens (tertiary/aromatic N) is 1. The largest absolute Gasteiger partial charge is 0.322 e. The van der Waals surface area contributed by atoms with Crippen LogP contribution in [0.3, 0.4) is 0 Å². The van der Waals surface area contributed by atoms with Gasteiger partial charge in [-0.2, -0.15) is 0 Å². The second-order valence-electron chi connectivity index (χ2n) is 4.63. The van der Waals surface area contributed by atoms with Crippen molar-refractivity contribution in [2.45, 2.75) is 26.8 Å². The minimum absolute atomic E-state index is 0.0101. The van der Waals surface area contributed by atoms with Crippen LogP contribution in [-0.2, 0) is 6.54 Å². The molecule has 1 aliphatic rings. The van der Waals surface area contributed by atoms with Gasteiger partial charge in [0.2, 0.25) is 0 Å². The van der Waals surface area contributed by atoms with Gasteiger partial charge in [0.15, 0.2) is 0 Å². The Labute approximate surface area is 110 Å². The molecule has 1 atom stereocenters. The first-order valence-electron chi connectivity index (χ1n) is 5.94. The minimum Gasteiger partial charge on any atom is -0.320 e. The van der Waals surface area contributed by atoms with Crippen LogP contribution in [0.25, 0.3) is 0 Å². The number of rotatable bonds is 3. The third-order valence-electron chi connectivity index (χ3n) is 3.19. The highest BCUT2D eigenvalue weighted by atomic mass is 79.9. The fourth-order valence-electron chi connectivity index (χ4n) is 1.93. The standard InChI is InChI=1S/C13H17BrN2O/c1-3-9(2)7-16-8-10-4-5-11(14)6-12(10)15-13(16)17/h4-6,9H,3,7-8H2,1-2H3,(H,15,17). The molecular formula is C13H17BrN2O. The highest BCUT2D eigenvalue weighted by Gasteiger charge is 2.23. The predicted molar refractivity (Wildman–Crippen MR) is 73.0 cm³/mol. The zero-order chi connectivity index (χ0) is 12.4. The third kappa shape index (κ3) is 2.80. The van der Waals surface area contributed by atoms with Crippen molar-refractivity contribution in [3.63, 3.8) is 0 Å². The monoisotopic (exact) mass is 296 g/mol. The van der Waals surface area contributed by atoms with Gasteiger partial charge < -0.3 is 10.2 Å². The summed E-state index contributed by atoms with van der Waals surface area (Å²) in [5.74, 6) is 0.540. The van der Waals surface area contributed by atoms with Gasteiger partial charge >= 0.3 is 6.03 Å². The summed E-state index contributed by atoms with van der Waals surface area (Å²) < 4.78 is 0.993. The summed E-state index contributed by atoms with van der Waals surface area (Å²) in [6.45, 7) is 5.85. The zero-order valence-corrected chi connectivity index (χ0v) is 11.8. The predicted octanol–water partition coefficient (Wildman–Crippen LogP) is 3.84. The Morgan fingerprint density at radius 2 is 2.29 bits per heavy atom. The lowest BCUT2D eigenvalue weighted by atomic mass is 10.1. The first kappa shape index (κ1) is 12.4. The Morgan fingerprint density at radius 1 is 1.53 bits per heavy atom. The fourth-order valence-corrected chi connectivity index (χ4v) is 2.29. The van der Waals surface area contributed by atoms with E-state index in [1.807, 2.05) is 17.0 Å². The van der Waals surface area contributed by atoms with E-state index in [1.54, 1.807) is 0 Å². The van der Waals surface area contributed by atoms with Crippen LogP contribution in [0.4, 0.5) is 10.5 Å². The van der Waals surface area contributed by atoms with Crippen molar-refractivity contribution in [3.05, 3.63) is 28.2 Å². The average Bonchev–Trinajstić information content (AvgIpc) is 2.30. The van der Waals surface area contributed by atoms with Crippen LogP contribution in [0.15, 0.2) is 22.7 Å². The van der Waals surface area contributed by atoms with Crippen LogP contribution >= 0.6 is 15.9 Å². The van der Waals surface area contributed by atoms with Gasteiger partial charge in [0.1, 0.15) is 0 Å². The maximum Gasteiger partial charge on any atom is 0.322 e. The minimum atomic E-state index is 0.0101. The molecule has 2 rings (SSSR count). The molecule has 1 unspecified atom stereocenters. The first-order valence-corrected chi connectivity index (χ1v) is 6.73. The summed E-state index contributed by atoms with van der Waals surface area (Å²) in [5.41, 5.74) is 2.10. The maximum atomic E-state index is 11.9. The Hall–Kier alpha value is -1.03. The van der Waals surface area contributed by atoms with Crippen LogP contribution < -0.4 is 5.32 Å². The average molecular weight is 297 g/mol. The Bertz CT molecular complexity index is 433. The number of carbonyl (C=O) groups is 1.